The predicted molar refractivity (Wildman–Crippen MR) is 157 cm³/mol. The zero-order valence-corrected chi connectivity index (χ0v) is 24.0. The van der Waals surface area contributed by atoms with Gasteiger partial charge in [0, 0.05) is 0 Å². The Morgan fingerprint density at radius 2 is 1.23 bits per heavy atom. The number of benzene rings is 3. The quantitative estimate of drug-likeness (QED) is 0.357. The van der Waals surface area contributed by atoms with Gasteiger partial charge in [0.25, 0.3) is 0 Å². The van der Waals surface area contributed by atoms with Gasteiger partial charge >= 0.3 is 0 Å². The standard InChI is InChI=1S/C17H26.C16H18.C2H6/c1-13-5-7-14(8-6-13)15-9-11-16(12-10-15)17(2,3)4;1-4-14-6-8-15(9-7-14)16-10-5-12(2)11-13(16)3;1-2/h5-8,15-16H,9-12H2,1-4H3;5-11H,4H2,1-3H3;1-2H3. The summed E-state index contributed by atoms with van der Waals surface area (Å²) in [5.74, 6) is 1.73. The lowest BCUT2D eigenvalue weighted by molar-refractivity contribution is 0.169. The summed E-state index contributed by atoms with van der Waals surface area (Å²) in [7, 11) is 0. The van der Waals surface area contributed by atoms with Crippen LogP contribution in [0, 0.1) is 32.1 Å². The summed E-state index contributed by atoms with van der Waals surface area (Å²) in [6.45, 7) is 19.8. The highest BCUT2D eigenvalue weighted by Crippen LogP contribution is 2.43. The lowest BCUT2D eigenvalue weighted by Gasteiger charge is -2.37. The Labute approximate surface area is 217 Å². The minimum Gasteiger partial charge on any atom is -0.0683 e. The zero-order valence-electron chi connectivity index (χ0n) is 24.0. The molecule has 0 spiro atoms. The van der Waals surface area contributed by atoms with Gasteiger partial charge in [0.15, 0.2) is 0 Å². The third-order valence-electron chi connectivity index (χ3n) is 7.56. The van der Waals surface area contributed by atoms with Crippen molar-refractivity contribution in [2.45, 2.75) is 100 Å². The number of hydrogen-bond donors (Lipinski definition) is 0. The molecule has 0 heteroatoms. The summed E-state index contributed by atoms with van der Waals surface area (Å²) in [6, 6.07) is 24.7. The van der Waals surface area contributed by atoms with Gasteiger partial charge in [0.2, 0.25) is 0 Å². The van der Waals surface area contributed by atoms with Gasteiger partial charge in [-0.3, -0.25) is 0 Å². The molecule has 35 heavy (non-hydrogen) atoms. The monoisotopic (exact) mass is 470 g/mol. The smallest absolute Gasteiger partial charge is 0.0155 e. The Morgan fingerprint density at radius 3 is 1.71 bits per heavy atom. The molecular formula is C35H50. The lowest BCUT2D eigenvalue weighted by Crippen LogP contribution is -2.25. The molecule has 0 amide bonds. The Kier molecular flexibility index (Phi) is 11.3. The fraction of sp³-hybridized carbons (Fsp3) is 0.486. The van der Waals surface area contributed by atoms with Crippen LogP contribution < -0.4 is 0 Å². The van der Waals surface area contributed by atoms with Crippen LogP contribution in [0.2, 0.25) is 0 Å². The average molecular weight is 471 g/mol. The first-order valence-corrected chi connectivity index (χ1v) is 13.9. The highest BCUT2D eigenvalue weighted by Gasteiger charge is 2.30. The number of rotatable bonds is 3. The maximum absolute atomic E-state index is 2.39. The summed E-state index contributed by atoms with van der Waals surface area (Å²) in [6.07, 6.45) is 6.67. The van der Waals surface area contributed by atoms with Gasteiger partial charge in [-0.05, 0) is 97.9 Å². The third-order valence-corrected chi connectivity index (χ3v) is 7.56. The largest absolute Gasteiger partial charge is 0.0683 e. The Morgan fingerprint density at radius 1 is 0.686 bits per heavy atom. The molecule has 1 aliphatic rings. The molecule has 3 aromatic carbocycles. The predicted octanol–water partition coefficient (Wildman–Crippen LogP) is 10.9. The van der Waals surface area contributed by atoms with E-state index in [4.69, 9.17) is 0 Å². The first-order valence-electron chi connectivity index (χ1n) is 13.9. The van der Waals surface area contributed by atoms with E-state index >= 15 is 0 Å². The van der Waals surface area contributed by atoms with E-state index in [0.29, 0.717) is 5.41 Å². The van der Waals surface area contributed by atoms with Crippen LogP contribution >= 0.6 is 0 Å². The lowest BCUT2D eigenvalue weighted by atomic mass is 9.69. The summed E-state index contributed by atoms with van der Waals surface area (Å²) >= 11 is 0. The molecule has 0 N–H and O–H groups in total. The van der Waals surface area contributed by atoms with Gasteiger partial charge in [0.1, 0.15) is 0 Å². The van der Waals surface area contributed by atoms with E-state index in [0.717, 1.165) is 18.3 Å². The summed E-state index contributed by atoms with van der Waals surface area (Å²) in [5.41, 5.74) is 10.2. The summed E-state index contributed by atoms with van der Waals surface area (Å²) in [4.78, 5) is 0. The molecule has 0 heterocycles. The topological polar surface area (TPSA) is 0 Å². The Hall–Kier alpha value is -2.34. The van der Waals surface area contributed by atoms with E-state index in [2.05, 4.69) is 115 Å². The van der Waals surface area contributed by atoms with Crippen LogP contribution in [-0.4, -0.2) is 0 Å². The van der Waals surface area contributed by atoms with E-state index in [-0.39, 0.29) is 0 Å². The van der Waals surface area contributed by atoms with Crippen LogP contribution in [-0.2, 0) is 6.42 Å². The molecule has 1 fully saturated rings. The van der Waals surface area contributed by atoms with Gasteiger partial charge in [-0.1, -0.05) is 119 Å². The van der Waals surface area contributed by atoms with Crippen molar-refractivity contribution in [3.63, 3.8) is 0 Å². The van der Waals surface area contributed by atoms with Crippen molar-refractivity contribution in [3.8, 4) is 11.1 Å². The molecule has 190 valence electrons. The Bertz CT molecular complexity index is 991. The minimum absolute atomic E-state index is 0.498. The molecule has 0 bridgehead atoms. The molecule has 1 saturated carbocycles. The molecule has 0 aromatic heterocycles. The van der Waals surface area contributed by atoms with Crippen molar-refractivity contribution >= 4 is 0 Å². The van der Waals surface area contributed by atoms with Crippen molar-refractivity contribution < 1.29 is 0 Å². The van der Waals surface area contributed by atoms with E-state index in [1.807, 2.05) is 13.8 Å². The molecule has 0 nitrogen and oxygen atoms in total. The van der Waals surface area contributed by atoms with Gasteiger partial charge in [-0.25, -0.2) is 0 Å². The molecule has 3 aromatic rings. The van der Waals surface area contributed by atoms with E-state index in [1.165, 1.54) is 59.1 Å². The van der Waals surface area contributed by atoms with Crippen LogP contribution in [0.4, 0.5) is 0 Å². The van der Waals surface area contributed by atoms with E-state index < -0.39 is 0 Å². The SMILES string of the molecule is CC.CCc1ccc(-c2ccc(C)cc2C)cc1.Cc1ccc(C2CCC(C(C)(C)C)CC2)cc1. The molecule has 4 rings (SSSR count). The van der Waals surface area contributed by atoms with Crippen molar-refractivity contribution in [2.24, 2.45) is 11.3 Å². The average Bonchev–Trinajstić information content (AvgIpc) is 2.86. The molecule has 0 radical (unpaired) electrons. The van der Waals surface area contributed by atoms with Gasteiger partial charge in [-0.2, -0.15) is 0 Å². The highest BCUT2D eigenvalue weighted by molar-refractivity contribution is 5.67. The van der Waals surface area contributed by atoms with Gasteiger partial charge in [0.05, 0.1) is 0 Å². The molecule has 0 atom stereocenters. The fourth-order valence-electron chi connectivity index (χ4n) is 5.19. The van der Waals surface area contributed by atoms with E-state index in [9.17, 15) is 0 Å². The first-order chi connectivity index (χ1) is 16.7. The minimum atomic E-state index is 0.498. The summed E-state index contributed by atoms with van der Waals surface area (Å²) in [5, 5.41) is 0. The van der Waals surface area contributed by atoms with Crippen molar-refractivity contribution in [1.82, 2.24) is 0 Å². The van der Waals surface area contributed by atoms with Crippen molar-refractivity contribution in [3.05, 3.63) is 94.5 Å². The summed E-state index contributed by atoms with van der Waals surface area (Å²) < 4.78 is 0. The maximum atomic E-state index is 2.39. The first kappa shape index (κ1) is 28.9. The van der Waals surface area contributed by atoms with Gasteiger partial charge < -0.3 is 0 Å². The number of aryl methyl sites for hydroxylation is 4. The van der Waals surface area contributed by atoms with Crippen LogP contribution in [0.1, 0.15) is 101 Å². The second-order valence-electron chi connectivity index (χ2n) is 11.2. The molecule has 1 aliphatic carbocycles. The van der Waals surface area contributed by atoms with Crippen LogP contribution in [0.25, 0.3) is 11.1 Å². The maximum Gasteiger partial charge on any atom is -0.0155 e. The van der Waals surface area contributed by atoms with Crippen molar-refractivity contribution in [2.75, 3.05) is 0 Å². The normalized spacial score (nSPS) is 17.5. The second-order valence-corrected chi connectivity index (χ2v) is 11.2. The second kappa shape index (κ2) is 13.7. The fourth-order valence-corrected chi connectivity index (χ4v) is 5.19. The third kappa shape index (κ3) is 8.68. The van der Waals surface area contributed by atoms with Crippen LogP contribution in [0.5, 0.6) is 0 Å². The van der Waals surface area contributed by atoms with E-state index in [1.54, 1.807) is 5.56 Å². The van der Waals surface area contributed by atoms with Crippen LogP contribution in [0.15, 0.2) is 66.7 Å². The highest BCUT2D eigenvalue weighted by atomic mass is 14.3. The Balaban J connectivity index is 0.000000231. The van der Waals surface area contributed by atoms with Crippen molar-refractivity contribution in [1.29, 1.82) is 0 Å². The molecule has 0 unspecified atom stereocenters. The molecule has 0 aliphatic heterocycles. The molecular weight excluding hydrogens is 420 g/mol. The molecule has 0 saturated heterocycles. The zero-order chi connectivity index (χ0) is 26.0. The number of hydrogen-bond acceptors (Lipinski definition) is 0. The van der Waals surface area contributed by atoms with Gasteiger partial charge in [-0.15, -0.1) is 0 Å². The van der Waals surface area contributed by atoms with Crippen LogP contribution in [0.3, 0.4) is 0 Å².